The van der Waals surface area contributed by atoms with E-state index in [0.29, 0.717) is 4.90 Å². The number of fused-ring (bicyclic) bond motifs is 1. The number of sulfonamides is 1. The minimum Gasteiger partial charge on any atom is -0.475 e. The third kappa shape index (κ3) is 6.30. The number of H-pyrrole nitrogens is 1. The first kappa shape index (κ1) is 24.7. The van der Waals surface area contributed by atoms with Gasteiger partial charge in [0.05, 0.1) is 4.90 Å². The number of piperidine rings is 1. The van der Waals surface area contributed by atoms with E-state index in [0.717, 1.165) is 53.8 Å². The number of aromatic nitrogens is 2. The Hall–Kier alpha value is -2.96. The second-order valence-electron chi connectivity index (χ2n) is 7.55. The molecule has 33 heavy (non-hydrogen) atoms. The molecule has 0 atom stereocenters. The van der Waals surface area contributed by atoms with Crippen LogP contribution < -0.4 is 10.0 Å². The van der Waals surface area contributed by atoms with Gasteiger partial charge in [-0.3, -0.25) is 0 Å². The van der Waals surface area contributed by atoms with Crippen molar-refractivity contribution in [2.75, 3.05) is 13.1 Å². The number of hydrogen-bond donors (Lipinski definition) is 4. The van der Waals surface area contributed by atoms with E-state index in [2.05, 4.69) is 26.1 Å². The Labute approximate surface area is 188 Å². The van der Waals surface area contributed by atoms with Crippen LogP contribution in [0.2, 0.25) is 0 Å². The fraction of sp³-hybridized carbons (Fsp3) is 0.333. The zero-order chi connectivity index (χ0) is 24.2. The number of nitrogens with one attached hydrogen (secondary N) is 3. The van der Waals surface area contributed by atoms with E-state index in [1.165, 1.54) is 0 Å². The number of alkyl halides is 3. The number of pyridine rings is 1. The number of carboxylic acid groups (broad SMARTS) is 1. The van der Waals surface area contributed by atoms with Gasteiger partial charge in [-0.15, -0.1) is 0 Å². The number of nitrogens with zero attached hydrogens (tertiary/aromatic N) is 1. The molecular formula is C21H23F3N4O4S. The van der Waals surface area contributed by atoms with E-state index in [4.69, 9.17) is 9.90 Å². The van der Waals surface area contributed by atoms with Crippen LogP contribution in [0.4, 0.5) is 13.2 Å². The SMILES string of the molecule is Cc1cc2c(-c3ccc(S(=O)(=O)NC4CCNCC4)cc3)ccnc2[nH]1.O=C(O)C(F)(F)F. The van der Waals surface area contributed by atoms with E-state index in [1.807, 2.05) is 25.1 Å². The van der Waals surface area contributed by atoms with Gasteiger partial charge in [0, 0.05) is 23.3 Å². The number of aliphatic carboxylic acids is 1. The predicted octanol–water partition coefficient (Wildman–Crippen LogP) is 3.20. The molecule has 3 heterocycles. The Morgan fingerprint density at radius 1 is 1.15 bits per heavy atom. The van der Waals surface area contributed by atoms with Crippen molar-refractivity contribution in [1.29, 1.82) is 0 Å². The highest BCUT2D eigenvalue weighted by Crippen LogP contribution is 2.28. The molecule has 0 saturated carbocycles. The van der Waals surface area contributed by atoms with Gasteiger partial charge in [0.2, 0.25) is 10.0 Å². The summed E-state index contributed by atoms with van der Waals surface area (Å²) in [7, 11) is -3.49. The average Bonchev–Trinajstić information content (AvgIpc) is 3.14. The molecule has 0 bridgehead atoms. The first-order valence-electron chi connectivity index (χ1n) is 10.1. The summed E-state index contributed by atoms with van der Waals surface area (Å²) in [5, 5.41) is 11.4. The maximum absolute atomic E-state index is 12.6. The first-order valence-corrected chi connectivity index (χ1v) is 11.5. The van der Waals surface area contributed by atoms with Crippen molar-refractivity contribution >= 4 is 27.0 Å². The number of aryl methyl sites for hydroxylation is 1. The summed E-state index contributed by atoms with van der Waals surface area (Å²) in [5.41, 5.74) is 3.89. The van der Waals surface area contributed by atoms with Crippen molar-refractivity contribution in [1.82, 2.24) is 20.0 Å². The molecule has 2 aromatic heterocycles. The summed E-state index contributed by atoms with van der Waals surface area (Å²) in [6, 6.07) is 11.1. The highest BCUT2D eigenvalue weighted by atomic mass is 32.2. The number of rotatable bonds is 4. The summed E-state index contributed by atoms with van der Waals surface area (Å²) in [6.45, 7) is 3.69. The molecule has 1 fully saturated rings. The Morgan fingerprint density at radius 2 is 1.76 bits per heavy atom. The number of aromatic amines is 1. The van der Waals surface area contributed by atoms with Crippen molar-refractivity contribution < 1.29 is 31.5 Å². The van der Waals surface area contributed by atoms with Crippen LogP contribution in [0.5, 0.6) is 0 Å². The van der Waals surface area contributed by atoms with Gasteiger partial charge < -0.3 is 15.4 Å². The molecule has 1 aliphatic heterocycles. The number of carbonyl (C=O) groups is 1. The quantitative estimate of drug-likeness (QED) is 0.451. The lowest BCUT2D eigenvalue weighted by Gasteiger charge is -2.23. The van der Waals surface area contributed by atoms with E-state index in [9.17, 15) is 21.6 Å². The maximum Gasteiger partial charge on any atom is 0.490 e. The molecule has 1 aromatic carbocycles. The first-order chi connectivity index (χ1) is 15.5. The summed E-state index contributed by atoms with van der Waals surface area (Å²) >= 11 is 0. The van der Waals surface area contributed by atoms with E-state index in [-0.39, 0.29) is 6.04 Å². The number of carboxylic acids is 1. The van der Waals surface area contributed by atoms with E-state index in [1.54, 1.807) is 18.3 Å². The van der Waals surface area contributed by atoms with Gasteiger partial charge in [0.25, 0.3) is 0 Å². The highest BCUT2D eigenvalue weighted by Gasteiger charge is 2.38. The fourth-order valence-electron chi connectivity index (χ4n) is 3.45. The summed E-state index contributed by atoms with van der Waals surface area (Å²) in [6.07, 6.45) is -1.69. The van der Waals surface area contributed by atoms with E-state index < -0.39 is 22.2 Å². The molecule has 8 nitrogen and oxygen atoms in total. The second kappa shape index (κ2) is 9.89. The van der Waals surface area contributed by atoms with Crippen molar-refractivity contribution in [2.24, 2.45) is 0 Å². The molecule has 0 aliphatic carbocycles. The molecule has 3 aromatic rings. The van der Waals surface area contributed by atoms with Gasteiger partial charge in [-0.25, -0.2) is 22.9 Å². The van der Waals surface area contributed by atoms with Crippen LogP contribution in [0.15, 0.2) is 47.5 Å². The van der Waals surface area contributed by atoms with E-state index >= 15 is 0 Å². The van der Waals surface area contributed by atoms with Crippen LogP contribution in [-0.2, 0) is 14.8 Å². The van der Waals surface area contributed by atoms with Gasteiger partial charge >= 0.3 is 12.1 Å². The number of hydrogen-bond acceptors (Lipinski definition) is 5. The lowest BCUT2D eigenvalue weighted by Crippen LogP contribution is -2.42. The summed E-state index contributed by atoms with van der Waals surface area (Å²) in [4.78, 5) is 16.8. The molecule has 0 radical (unpaired) electrons. The average molecular weight is 485 g/mol. The van der Waals surface area contributed by atoms with Crippen LogP contribution in [0.1, 0.15) is 18.5 Å². The standard InChI is InChI=1S/C19H22N4O2S.C2HF3O2/c1-13-12-18-17(8-11-21-19(18)22-13)14-2-4-16(5-3-14)26(24,25)23-15-6-9-20-10-7-15;3-2(4,5)1(6)7/h2-5,8,11-12,15,20,23H,6-7,9-10H2,1H3,(H,21,22);(H,6,7). The minimum atomic E-state index is -5.08. The van der Waals surface area contributed by atoms with Crippen molar-refractivity contribution in [2.45, 2.75) is 36.9 Å². The highest BCUT2D eigenvalue weighted by molar-refractivity contribution is 7.89. The van der Waals surface area contributed by atoms with Gasteiger partial charge in [-0.1, -0.05) is 12.1 Å². The topological polar surface area (TPSA) is 124 Å². The molecule has 4 N–H and O–H groups in total. The van der Waals surface area contributed by atoms with Crippen LogP contribution in [0, 0.1) is 6.92 Å². The second-order valence-corrected chi connectivity index (χ2v) is 9.26. The summed E-state index contributed by atoms with van der Waals surface area (Å²) in [5.74, 6) is -2.76. The largest absolute Gasteiger partial charge is 0.490 e. The van der Waals surface area contributed by atoms with Gasteiger partial charge in [0.1, 0.15) is 5.65 Å². The van der Waals surface area contributed by atoms with Crippen molar-refractivity contribution in [3.8, 4) is 11.1 Å². The summed E-state index contributed by atoms with van der Waals surface area (Å²) < 4.78 is 59.8. The normalized spacial score (nSPS) is 15.2. The molecule has 178 valence electrons. The molecule has 12 heteroatoms. The smallest absolute Gasteiger partial charge is 0.475 e. The van der Waals surface area contributed by atoms with Gasteiger partial charge in [-0.2, -0.15) is 13.2 Å². The Balaban J connectivity index is 0.000000383. The van der Waals surface area contributed by atoms with Crippen LogP contribution in [-0.4, -0.2) is 54.8 Å². The Kier molecular flexibility index (Phi) is 7.40. The molecular weight excluding hydrogens is 461 g/mol. The third-order valence-corrected chi connectivity index (χ3v) is 6.58. The number of halogens is 3. The molecule has 1 saturated heterocycles. The number of benzene rings is 1. The molecule has 0 amide bonds. The Morgan fingerprint density at radius 3 is 2.33 bits per heavy atom. The predicted molar refractivity (Wildman–Crippen MR) is 116 cm³/mol. The van der Waals surface area contributed by atoms with Crippen LogP contribution in [0.25, 0.3) is 22.2 Å². The fourth-order valence-corrected chi connectivity index (χ4v) is 4.76. The van der Waals surface area contributed by atoms with Crippen molar-refractivity contribution in [3.63, 3.8) is 0 Å². The maximum atomic E-state index is 12.6. The monoisotopic (exact) mass is 484 g/mol. The van der Waals surface area contributed by atoms with Crippen molar-refractivity contribution in [3.05, 3.63) is 48.3 Å². The minimum absolute atomic E-state index is 0.00332. The zero-order valence-electron chi connectivity index (χ0n) is 17.6. The lowest BCUT2D eigenvalue weighted by molar-refractivity contribution is -0.192. The van der Waals surface area contributed by atoms with Crippen LogP contribution in [0.3, 0.4) is 0 Å². The molecule has 0 spiro atoms. The third-order valence-electron chi connectivity index (χ3n) is 5.05. The van der Waals surface area contributed by atoms with Crippen LogP contribution >= 0.6 is 0 Å². The van der Waals surface area contributed by atoms with Gasteiger partial charge in [0.15, 0.2) is 0 Å². The van der Waals surface area contributed by atoms with Gasteiger partial charge in [-0.05, 0) is 68.2 Å². The Bertz CT molecular complexity index is 1220. The molecule has 4 rings (SSSR count). The molecule has 1 aliphatic rings. The zero-order valence-corrected chi connectivity index (χ0v) is 18.4. The molecule has 0 unspecified atom stereocenters. The lowest BCUT2D eigenvalue weighted by atomic mass is 10.0.